The lowest BCUT2D eigenvalue weighted by molar-refractivity contribution is -0.144. The molecule has 0 spiro atoms. The number of amides is 3. The second-order valence-electron chi connectivity index (χ2n) is 9.11. The molecule has 0 bridgehead atoms. The van der Waals surface area contributed by atoms with Crippen molar-refractivity contribution in [3.05, 3.63) is 71.8 Å². The van der Waals surface area contributed by atoms with Gasteiger partial charge in [-0.3, -0.25) is 14.4 Å². The predicted molar refractivity (Wildman–Crippen MR) is 135 cm³/mol. The zero-order valence-electron chi connectivity index (χ0n) is 20.8. The Kier molecular flexibility index (Phi) is 10.3. The number of carbonyl (C=O) groups excluding carboxylic acids is 3. The zero-order chi connectivity index (χ0) is 25.0. The van der Waals surface area contributed by atoms with Gasteiger partial charge >= 0.3 is 0 Å². The molecule has 1 N–H and O–H groups in total. The van der Waals surface area contributed by atoms with E-state index in [-0.39, 0.29) is 30.4 Å². The van der Waals surface area contributed by atoms with E-state index in [0.29, 0.717) is 39.1 Å². The van der Waals surface area contributed by atoms with Gasteiger partial charge in [-0.1, -0.05) is 74.0 Å². The van der Waals surface area contributed by atoms with Gasteiger partial charge in [-0.2, -0.15) is 0 Å². The van der Waals surface area contributed by atoms with Crippen molar-refractivity contribution in [3.8, 4) is 0 Å². The van der Waals surface area contributed by atoms with Gasteiger partial charge in [0.05, 0.1) is 6.61 Å². The minimum Gasteiger partial charge on any atom is -0.367 e. The van der Waals surface area contributed by atoms with Crippen LogP contribution in [-0.4, -0.2) is 65.8 Å². The number of hydrogen-bond acceptors (Lipinski definition) is 4. The topological polar surface area (TPSA) is 79.0 Å². The number of benzene rings is 2. The van der Waals surface area contributed by atoms with Crippen LogP contribution >= 0.6 is 0 Å². The molecule has 1 aliphatic heterocycles. The summed E-state index contributed by atoms with van der Waals surface area (Å²) in [4.78, 5) is 42.3. The molecule has 2 aromatic carbocycles. The van der Waals surface area contributed by atoms with Crippen molar-refractivity contribution in [2.75, 3.05) is 26.2 Å². The standard InChI is InChI=1S/C28H37N3O4/c1-3-4-15-27(33)31-17-16-30(19-22(31)2)28(34)25(18-23-11-7-5-8-12-23)29-26(32)21-35-20-24-13-9-6-10-14-24/h5-14,22,25H,3-4,15-21H2,1-2H3,(H,29,32). The lowest BCUT2D eigenvalue weighted by Crippen LogP contribution is -2.59. The molecule has 3 rings (SSSR count). The number of nitrogens with zero attached hydrogens (tertiary/aromatic N) is 2. The molecule has 1 heterocycles. The highest BCUT2D eigenvalue weighted by Crippen LogP contribution is 2.15. The Balaban J connectivity index is 1.60. The molecule has 35 heavy (non-hydrogen) atoms. The highest BCUT2D eigenvalue weighted by atomic mass is 16.5. The van der Waals surface area contributed by atoms with E-state index in [1.807, 2.05) is 72.5 Å². The van der Waals surface area contributed by atoms with Crippen LogP contribution in [0.4, 0.5) is 0 Å². The van der Waals surface area contributed by atoms with Gasteiger partial charge in [-0.05, 0) is 24.5 Å². The summed E-state index contributed by atoms with van der Waals surface area (Å²) in [5.74, 6) is -0.300. The van der Waals surface area contributed by atoms with Gasteiger partial charge in [0, 0.05) is 38.5 Å². The van der Waals surface area contributed by atoms with Gasteiger partial charge in [-0.25, -0.2) is 0 Å². The predicted octanol–water partition coefficient (Wildman–Crippen LogP) is 3.18. The number of ether oxygens (including phenoxy) is 1. The Labute approximate surface area is 208 Å². The number of piperazine rings is 1. The molecule has 7 nitrogen and oxygen atoms in total. The van der Waals surface area contributed by atoms with E-state index < -0.39 is 6.04 Å². The monoisotopic (exact) mass is 479 g/mol. The van der Waals surface area contributed by atoms with Crippen molar-refractivity contribution in [1.29, 1.82) is 0 Å². The summed E-state index contributed by atoms with van der Waals surface area (Å²) in [6, 6.07) is 18.6. The number of unbranched alkanes of at least 4 members (excludes halogenated alkanes) is 1. The third kappa shape index (κ3) is 8.21. The van der Waals surface area contributed by atoms with Crippen LogP contribution in [0, 0.1) is 0 Å². The van der Waals surface area contributed by atoms with Gasteiger partial charge in [0.25, 0.3) is 0 Å². The smallest absolute Gasteiger partial charge is 0.246 e. The first kappa shape index (κ1) is 26.4. The molecule has 2 unspecified atom stereocenters. The van der Waals surface area contributed by atoms with E-state index in [2.05, 4.69) is 12.2 Å². The Morgan fingerprint density at radius 3 is 2.29 bits per heavy atom. The summed E-state index contributed by atoms with van der Waals surface area (Å²) in [5.41, 5.74) is 1.95. The minimum atomic E-state index is -0.695. The Morgan fingerprint density at radius 1 is 1.00 bits per heavy atom. The van der Waals surface area contributed by atoms with Crippen LogP contribution in [-0.2, 0) is 32.1 Å². The lowest BCUT2D eigenvalue weighted by atomic mass is 10.0. The summed E-state index contributed by atoms with van der Waals surface area (Å²) in [6.45, 7) is 5.70. The third-order valence-corrected chi connectivity index (χ3v) is 6.26. The quantitative estimate of drug-likeness (QED) is 0.537. The van der Waals surface area contributed by atoms with Crippen molar-refractivity contribution >= 4 is 17.7 Å². The maximum absolute atomic E-state index is 13.5. The molecule has 3 amide bonds. The van der Waals surface area contributed by atoms with Crippen LogP contribution in [0.1, 0.15) is 44.2 Å². The highest BCUT2D eigenvalue weighted by Gasteiger charge is 2.33. The molecule has 1 saturated heterocycles. The molecule has 0 aromatic heterocycles. The van der Waals surface area contributed by atoms with E-state index in [1.54, 1.807) is 4.90 Å². The van der Waals surface area contributed by atoms with Crippen LogP contribution in [0.5, 0.6) is 0 Å². The van der Waals surface area contributed by atoms with Crippen molar-refractivity contribution < 1.29 is 19.1 Å². The maximum atomic E-state index is 13.5. The van der Waals surface area contributed by atoms with E-state index in [4.69, 9.17) is 4.74 Å². The Hall–Kier alpha value is -3.19. The fourth-order valence-electron chi connectivity index (χ4n) is 4.34. The average molecular weight is 480 g/mol. The van der Waals surface area contributed by atoms with E-state index in [9.17, 15) is 14.4 Å². The van der Waals surface area contributed by atoms with Gasteiger partial charge in [-0.15, -0.1) is 0 Å². The number of nitrogens with one attached hydrogen (secondary N) is 1. The highest BCUT2D eigenvalue weighted by molar-refractivity contribution is 5.88. The van der Waals surface area contributed by atoms with Gasteiger partial charge in [0.1, 0.15) is 12.6 Å². The van der Waals surface area contributed by atoms with E-state index >= 15 is 0 Å². The Bertz CT molecular complexity index is 951. The molecular weight excluding hydrogens is 442 g/mol. The molecule has 2 atom stereocenters. The van der Waals surface area contributed by atoms with Crippen molar-refractivity contribution in [1.82, 2.24) is 15.1 Å². The van der Waals surface area contributed by atoms with Crippen LogP contribution in [0.2, 0.25) is 0 Å². The van der Waals surface area contributed by atoms with Crippen molar-refractivity contribution in [2.24, 2.45) is 0 Å². The fraction of sp³-hybridized carbons (Fsp3) is 0.464. The number of carbonyl (C=O) groups is 3. The normalized spacial score (nSPS) is 16.6. The van der Waals surface area contributed by atoms with E-state index in [0.717, 1.165) is 24.0 Å². The molecular formula is C28H37N3O4. The minimum absolute atomic E-state index is 0.0562. The SMILES string of the molecule is CCCCC(=O)N1CCN(C(=O)C(Cc2ccccc2)NC(=O)COCc2ccccc2)CC1C. The fourth-order valence-corrected chi connectivity index (χ4v) is 4.34. The molecule has 2 aromatic rings. The molecule has 0 saturated carbocycles. The number of hydrogen-bond donors (Lipinski definition) is 1. The second kappa shape index (κ2) is 13.6. The van der Waals surface area contributed by atoms with Gasteiger partial charge in [0.2, 0.25) is 17.7 Å². The van der Waals surface area contributed by atoms with Crippen LogP contribution in [0.15, 0.2) is 60.7 Å². The summed E-state index contributed by atoms with van der Waals surface area (Å²) in [5, 5.41) is 2.89. The summed E-state index contributed by atoms with van der Waals surface area (Å²) >= 11 is 0. The first-order valence-corrected chi connectivity index (χ1v) is 12.5. The third-order valence-electron chi connectivity index (χ3n) is 6.26. The van der Waals surface area contributed by atoms with Crippen LogP contribution in [0.3, 0.4) is 0 Å². The first-order valence-electron chi connectivity index (χ1n) is 12.5. The molecule has 0 aliphatic carbocycles. The molecule has 0 radical (unpaired) electrons. The molecule has 1 aliphatic rings. The summed E-state index contributed by atoms with van der Waals surface area (Å²) in [6.07, 6.45) is 2.80. The zero-order valence-corrected chi connectivity index (χ0v) is 20.8. The molecule has 1 fully saturated rings. The van der Waals surface area contributed by atoms with Crippen LogP contribution in [0.25, 0.3) is 0 Å². The van der Waals surface area contributed by atoms with Crippen LogP contribution < -0.4 is 5.32 Å². The Morgan fingerprint density at radius 2 is 1.66 bits per heavy atom. The van der Waals surface area contributed by atoms with Crippen molar-refractivity contribution in [3.63, 3.8) is 0 Å². The maximum Gasteiger partial charge on any atom is 0.246 e. The summed E-state index contributed by atoms with van der Waals surface area (Å²) < 4.78 is 5.57. The number of rotatable bonds is 11. The van der Waals surface area contributed by atoms with E-state index in [1.165, 1.54) is 0 Å². The average Bonchev–Trinajstić information content (AvgIpc) is 2.87. The van der Waals surface area contributed by atoms with Gasteiger partial charge in [0.15, 0.2) is 0 Å². The lowest BCUT2D eigenvalue weighted by Gasteiger charge is -2.41. The molecule has 188 valence electrons. The second-order valence-corrected chi connectivity index (χ2v) is 9.11. The summed E-state index contributed by atoms with van der Waals surface area (Å²) in [7, 11) is 0. The van der Waals surface area contributed by atoms with Crippen molar-refractivity contribution in [2.45, 2.75) is 58.2 Å². The molecule has 7 heteroatoms. The first-order chi connectivity index (χ1) is 17.0. The largest absolute Gasteiger partial charge is 0.367 e. The van der Waals surface area contributed by atoms with Gasteiger partial charge < -0.3 is 19.9 Å².